The highest BCUT2D eigenvalue weighted by atomic mass is 19.4. The first-order valence-corrected chi connectivity index (χ1v) is 19.6. The Morgan fingerprint density at radius 2 is 1.51 bits per heavy atom. The van der Waals surface area contributed by atoms with E-state index in [1.165, 1.54) is 6.92 Å². The van der Waals surface area contributed by atoms with Crippen molar-refractivity contribution < 1.29 is 46.4 Å². The number of halogens is 5. The summed E-state index contributed by atoms with van der Waals surface area (Å²) in [5.74, 6) is -7.96. The topological polar surface area (TPSA) is 100 Å². The third kappa shape index (κ3) is 6.80. The van der Waals surface area contributed by atoms with E-state index in [0.29, 0.717) is 43.7 Å². The first-order valence-electron chi connectivity index (χ1n) is 19.6. The van der Waals surface area contributed by atoms with Gasteiger partial charge in [-0.25, -0.2) is 4.79 Å². The number of carbonyl (C=O) groups is 1. The number of allylic oxidation sites excluding steroid dienone is 1. The first kappa shape index (κ1) is 40.1. The van der Waals surface area contributed by atoms with Gasteiger partial charge in [-0.1, -0.05) is 83.5 Å². The highest BCUT2D eigenvalue weighted by Crippen LogP contribution is 2.71. The van der Waals surface area contributed by atoms with Crippen LogP contribution in [0, 0.1) is 22.7 Å². The molecule has 1 saturated heterocycles. The van der Waals surface area contributed by atoms with Gasteiger partial charge in [-0.05, 0) is 90.2 Å². The molecule has 0 aromatic heterocycles. The van der Waals surface area contributed by atoms with Crippen molar-refractivity contribution in [3.63, 3.8) is 0 Å². The van der Waals surface area contributed by atoms with E-state index in [1.54, 1.807) is 0 Å². The fraction of sp³-hybridized carbons (Fsp3) is 0.651. The van der Waals surface area contributed by atoms with Gasteiger partial charge in [-0.15, -0.1) is 0 Å². The van der Waals surface area contributed by atoms with Crippen molar-refractivity contribution in [1.82, 2.24) is 5.32 Å². The number of ether oxygens (including phenoxy) is 2. The molecule has 0 bridgehead atoms. The molecule has 12 heteroatoms. The number of nitrogens with one attached hydrogen (secondary N) is 2. The lowest BCUT2D eigenvalue weighted by Crippen LogP contribution is -2.65. The van der Waals surface area contributed by atoms with Crippen LogP contribution >= 0.6 is 0 Å². The predicted octanol–water partition coefficient (Wildman–Crippen LogP) is 9.53. The Balaban J connectivity index is 1.18. The van der Waals surface area contributed by atoms with Gasteiger partial charge in [0.25, 0.3) is 0 Å². The average Bonchev–Trinajstić information content (AvgIpc) is 3.38. The number of amides is 2. The summed E-state index contributed by atoms with van der Waals surface area (Å²) < 4.78 is 85.7. The van der Waals surface area contributed by atoms with Crippen molar-refractivity contribution >= 4 is 11.7 Å². The summed E-state index contributed by atoms with van der Waals surface area (Å²) in [4.78, 5) is 12.8. The zero-order valence-electron chi connectivity index (χ0n) is 32.6. The summed E-state index contributed by atoms with van der Waals surface area (Å²) in [6.07, 6.45) is -4.95. The highest BCUT2D eigenvalue weighted by Gasteiger charge is 2.79. The van der Waals surface area contributed by atoms with E-state index in [0.717, 1.165) is 22.3 Å². The Hall–Kier alpha value is -3.06. The van der Waals surface area contributed by atoms with Gasteiger partial charge in [0.05, 0.1) is 18.8 Å². The number of hydrogen-bond acceptors (Lipinski definition) is 5. The van der Waals surface area contributed by atoms with Crippen molar-refractivity contribution in [1.29, 1.82) is 0 Å². The summed E-state index contributed by atoms with van der Waals surface area (Å²) in [5.41, 5.74) is -1.66. The Kier molecular flexibility index (Phi) is 9.67. The number of hydrogen-bond donors (Lipinski definition) is 4. The van der Waals surface area contributed by atoms with Crippen LogP contribution in [0.4, 0.5) is 32.4 Å². The zero-order valence-corrected chi connectivity index (χ0v) is 32.6. The molecule has 3 unspecified atom stereocenters. The van der Waals surface area contributed by atoms with Crippen LogP contribution in [0.3, 0.4) is 0 Å². The van der Waals surface area contributed by atoms with E-state index in [4.69, 9.17) is 9.47 Å². The number of benzene rings is 2. The molecule has 55 heavy (non-hydrogen) atoms. The third-order valence-electron chi connectivity index (χ3n) is 13.7. The highest BCUT2D eigenvalue weighted by molar-refractivity contribution is 5.89. The monoisotopic (exact) mass is 774 g/mol. The number of urea groups is 1. The summed E-state index contributed by atoms with van der Waals surface area (Å²) in [5, 5.41) is 29.8. The molecule has 4 aliphatic carbocycles. The molecule has 5 aliphatic rings. The molecule has 7 rings (SSSR count). The molecular formula is C43H55F5N2O5. The zero-order chi connectivity index (χ0) is 40.0. The molecule has 4 N–H and O–H groups in total. The third-order valence-corrected chi connectivity index (χ3v) is 13.7. The fourth-order valence-electron chi connectivity index (χ4n) is 10.6. The minimum atomic E-state index is -5.93. The first-order chi connectivity index (χ1) is 25.4. The predicted molar refractivity (Wildman–Crippen MR) is 199 cm³/mol. The van der Waals surface area contributed by atoms with Crippen LogP contribution in [0.1, 0.15) is 116 Å². The van der Waals surface area contributed by atoms with Crippen LogP contribution in [0.5, 0.6) is 0 Å². The molecule has 2 aromatic carbocycles. The Morgan fingerprint density at radius 3 is 2.11 bits per heavy atom. The summed E-state index contributed by atoms with van der Waals surface area (Å²) >= 11 is 0. The molecular weight excluding hydrogens is 719 g/mol. The van der Waals surface area contributed by atoms with Crippen LogP contribution in [-0.4, -0.2) is 58.5 Å². The maximum atomic E-state index is 15.5. The average molecular weight is 775 g/mol. The van der Waals surface area contributed by atoms with Crippen LogP contribution in [-0.2, 0) is 21.4 Å². The van der Waals surface area contributed by atoms with Crippen LogP contribution in [0.15, 0.2) is 59.7 Å². The Labute approximate surface area is 320 Å². The number of anilines is 1. The van der Waals surface area contributed by atoms with Gasteiger partial charge in [0.1, 0.15) is 5.60 Å². The minimum Gasteiger partial charge on any atom is -0.385 e. The standard InChI is InChI=1S/C43H55F5N2O5/c1-36(2,3)28-11-13-29(14-12-28)50-35(51)49-22-26-7-9-27(10-8-26)31-21-38(6)32(17-20-41(38,53)42(44,45)43(46,47)48)30-15-18-39(52)23-40(19-16-33(39)34(30)31)54-24-37(4,5)25-55-40/h7-14,30-32,52-53H,15-25H2,1-6H3,(H2,49,50,51)/t30?,31-,32?,38+,39?,41+/m1/s1. The van der Waals surface area contributed by atoms with Crippen LogP contribution in [0.25, 0.3) is 0 Å². The van der Waals surface area contributed by atoms with Gasteiger partial charge < -0.3 is 30.3 Å². The van der Waals surface area contributed by atoms with E-state index in [9.17, 15) is 28.2 Å². The quantitative estimate of drug-likeness (QED) is 0.179. The maximum Gasteiger partial charge on any atom is 0.456 e. The second kappa shape index (κ2) is 13.2. The lowest BCUT2D eigenvalue weighted by Gasteiger charge is -2.59. The molecule has 2 amide bonds. The maximum absolute atomic E-state index is 15.5. The van der Waals surface area contributed by atoms with E-state index >= 15 is 8.78 Å². The van der Waals surface area contributed by atoms with Crippen LogP contribution < -0.4 is 10.6 Å². The lowest BCUT2D eigenvalue weighted by atomic mass is 9.49. The number of carbonyl (C=O) groups excluding carboxylic acids is 1. The molecule has 302 valence electrons. The van der Waals surface area contributed by atoms with Crippen molar-refractivity contribution in [3.8, 4) is 0 Å². The van der Waals surface area contributed by atoms with Gasteiger partial charge in [0.15, 0.2) is 5.79 Å². The van der Waals surface area contributed by atoms with Gasteiger partial charge in [0.2, 0.25) is 0 Å². The van der Waals surface area contributed by atoms with E-state index in [-0.39, 0.29) is 43.1 Å². The fourth-order valence-corrected chi connectivity index (χ4v) is 10.6. The van der Waals surface area contributed by atoms with Gasteiger partial charge >= 0.3 is 18.1 Å². The van der Waals surface area contributed by atoms with Crippen molar-refractivity contribution in [3.05, 3.63) is 76.4 Å². The van der Waals surface area contributed by atoms with Crippen LogP contribution in [0.2, 0.25) is 0 Å². The van der Waals surface area contributed by atoms with E-state index < -0.39 is 64.7 Å². The molecule has 1 spiro atoms. The second-order valence-corrected chi connectivity index (χ2v) is 19.1. The molecule has 0 radical (unpaired) electrons. The number of rotatable bonds is 5. The van der Waals surface area contributed by atoms with Gasteiger partial charge in [-0.2, -0.15) is 22.0 Å². The molecule has 4 fully saturated rings. The normalized spacial score (nSPS) is 33.1. The van der Waals surface area contributed by atoms with Crippen molar-refractivity contribution in [2.75, 3.05) is 18.5 Å². The summed E-state index contributed by atoms with van der Waals surface area (Å²) in [6.45, 7) is 13.0. The molecule has 3 saturated carbocycles. The lowest BCUT2D eigenvalue weighted by molar-refractivity contribution is -0.362. The molecule has 7 nitrogen and oxygen atoms in total. The van der Waals surface area contributed by atoms with Gasteiger partial charge in [0, 0.05) is 41.8 Å². The molecule has 6 atom stereocenters. The minimum absolute atomic E-state index is 0.0178. The SMILES string of the molecule is CC1(C)COC2(CCC3=C4C(CCC3(O)C2)C2CC[C@@](O)(C(F)(F)C(F)(F)F)[C@@]2(C)C[C@@H]4c2ccc(CNC(=O)Nc3ccc(C(C)(C)C)cc3)cc2)OC1. The van der Waals surface area contributed by atoms with E-state index in [1.807, 2.05) is 62.4 Å². The second-order valence-electron chi connectivity index (χ2n) is 19.1. The van der Waals surface area contributed by atoms with Crippen molar-refractivity contribution in [2.24, 2.45) is 22.7 Å². The number of aliphatic hydroxyl groups is 2. The molecule has 1 heterocycles. The number of alkyl halides is 5. The number of fused-ring (bicyclic) bond motifs is 4. The Bertz CT molecular complexity index is 1810. The summed E-state index contributed by atoms with van der Waals surface area (Å²) in [6, 6.07) is 14.5. The van der Waals surface area contributed by atoms with Gasteiger partial charge in [-0.3, -0.25) is 0 Å². The smallest absolute Gasteiger partial charge is 0.385 e. The molecule has 1 aliphatic heterocycles. The van der Waals surface area contributed by atoms with E-state index in [2.05, 4.69) is 31.4 Å². The Morgan fingerprint density at radius 1 is 0.873 bits per heavy atom. The largest absolute Gasteiger partial charge is 0.456 e. The van der Waals surface area contributed by atoms with Crippen molar-refractivity contribution in [2.45, 2.75) is 140 Å². The summed E-state index contributed by atoms with van der Waals surface area (Å²) in [7, 11) is 0. The molecule has 2 aromatic rings.